The number of rotatable bonds is 18. The summed E-state index contributed by atoms with van der Waals surface area (Å²) in [4.78, 5) is 84.3. The molecule has 5 N–H and O–H groups in total. The molecule has 0 spiro atoms. The molecule has 0 saturated heterocycles. The molecule has 1 heterocycles. The zero-order valence-electron chi connectivity index (χ0n) is 26.0. The summed E-state index contributed by atoms with van der Waals surface area (Å²) in [5.41, 5.74) is 0.893. The lowest BCUT2D eigenvalue weighted by Gasteiger charge is -2.21. The van der Waals surface area contributed by atoms with Gasteiger partial charge in [-0.3, -0.25) is 33.7 Å². The van der Waals surface area contributed by atoms with Gasteiger partial charge in [0.25, 0.3) is 17.7 Å². The quantitative estimate of drug-likeness (QED) is 0.116. The highest BCUT2D eigenvalue weighted by molar-refractivity contribution is 6.12. The lowest BCUT2D eigenvalue weighted by Crippen LogP contribution is -2.51. The molecule has 1 aromatic rings. The van der Waals surface area contributed by atoms with Gasteiger partial charge in [-0.1, -0.05) is 32.4 Å². The van der Waals surface area contributed by atoms with Crippen molar-refractivity contribution in [2.45, 2.75) is 65.0 Å². The number of anilines is 1. The van der Waals surface area contributed by atoms with Gasteiger partial charge in [-0.25, -0.2) is 13.6 Å². The summed E-state index contributed by atoms with van der Waals surface area (Å²) in [5, 5.41) is 11.7. The van der Waals surface area contributed by atoms with Gasteiger partial charge in [0.1, 0.15) is 12.6 Å². The normalized spacial score (nSPS) is 13.3. The molecule has 1 atom stereocenters. The molecule has 1 aliphatic rings. The monoisotopic (exact) mass is 650 g/mol. The summed E-state index contributed by atoms with van der Waals surface area (Å²) in [5.74, 6) is -6.34. The van der Waals surface area contributed by atoms with Crippen LogP contribution in [0.2, 0.25) is 0 Å². The lowest BCUT2D eigenvalue weighted by atomic mass is 10.0. The first-order chi connectivity index (χ1) is 21.7. The molecule has 46 heavy (non-hydrogen) atoms. The zero-order chi connectivity index (χ0) is 34.3. The Balaban J connectivity index is 1.68. The molecular formula is C30H40F2N6O8. The molecule has 0 fully saturated rings. The van der Waals surface area contributed by atoms with Gasteiger partial charge in [-0.05, 0) is 36.5 Å². The van der Waals surface area contributed by atoms with Crippen LogP contribution in [0.1, 0.15) is 52.0 Å². The van der Waals surface area contributed by atoms with Crippen LogP contribution in [0.15, 0.2) is 36.4 Å². The van der Waals surface area contributed by atoms with Crippen molar-refractivity contribution in [1.82, 2.24) is 26.2 Å². The number of imide groups is 1. The van der Waals surface area contributed by atoms with Crippen molar-refractivity contribution in [2.75, 3.05) is 31.5 Å². The van der Waals surface area contributed by atoms with Crippen LogP contribution in [-0.4, -0.2) is 84.6 Å². The van der Waals surface area contributed by atoms with Gasteiger partial charge < -0.3 is 31.3 Å². The summed E-state index contributed by atoms with van der Waals surface area (Å²) in [7, 11) is 0. The van der Waals surface area contributed by atoms with E-state index in [2.05, 4.69) is 16.0 Å². The first kappa shape index (κ1) is 37.3. The number of carbonyl (C=O) groups is 7. The average molecular weight is 651 g/mol. The minimum absolute atomic E-state index is 0.151. The molecule has 0 saturated carbocycles. The van der Waals surface area contributed by atoms with Crippen molar-refractivity contribution in [1.29, 1.82) is 0 Å². The highest BCUT2D eigenvalue weighted by Crippen LogP contribution is 2.13. The second kappa shape index (κ2) is 18.2. The maximum atomic E-state index is 13.6. The number of alkyl halides is 2. The zero-order valence-corrected chi connectivity index (χ0v) is 26.0. The number of ether oxygens (including phenoxy) is 1. The summed E-state index contributed by atoms with van der Waals surface area (Å²) in [6.07, 6.45) is 3.18. The third-order valence-corrected chi connectivity index (χ3v) is 6.57. The van der Waals surface area contributed by atoms with E-state index in [0.29, 0.717) is 30.5 Å². The number of unbranched alkanes of at least 4 members (excludes halogenated alkanes) is 2. The molecule has 1 aliphatic heterocycles. The van der Waals surface area contributed by atoms with Gasteiger partial charge in [-0.2, -0.15) is 0 Å². The number of carbonyl (C=O) groups excluding carboxylic acids is 7. The van der Waals surface area contributed by atoms with E-state index in [-0.39, 0.29) is 49.8 Å². The number of alkyl carbamates (subject to hydrolysis) is 1. The van der Waals surface area contributed by atoms with Crippen LogP contribution in [-0.2, 0) is 40.1 Å². The molecule has 7 amide bonds. The second-order valence-corrected chi connectivity index (χ2v) is 10.9. The first-order valence-corrected chi connectivity index (χ1v) is 14.7. The minimum Gasteiger partial charge on any atom is -0.445 e. The third-order valence-electron chi connectivity index (χ3n) is 6.57. The van der Waals surface area contributed by atoms with E-state index in [1.807, 2.05) is 10.6 Å². The Morgan fingerprint density at radius 1 is 0.870 bits per heavy atom. The first-order valence-electron chi connectivity index (χ1n) is 14.7. The van der Waals surface area contributed by atoms with E-state index < -0.39 is 48.9 Å². The molecule has 0 bridgehead atoms. The molecule has 0 radical (unpaired) electrons. The highest BCUT2D eigenvalue weighted by Gasteiger charge is 2.30. The van der Waals surface area contributed by atoms with Gasteiger partial charge >= 0.3 is 6.09 Å². The molecule has 16 heteroatoms. The molecule has 1 aromatic carbocycles. The molecular weight excluding hydrogens is 610 g/mol. The Bertz CT molecular complexity index is 1280. The summed E-state index contributed by atoms with van der Waals surface area (Å²) in [6.45, 7) is 2.33. The van der Waals surface area contributed by atoms with Crippen LogP contribution in [0.5, 0.6) is 0 Å². The van der Waals surface area contributed by atoms with Crippen molar-refractivity contribution in [3.8, 4) is 0 Å². The fourth-order valence-electron chi connectivity index (χ4n) is 4.05. The molecule has 252 valence electrons. The number of nitrogens with one attached hydrogen (secondary N) is 5. The Morgan fingerprint density at radius 2 is 1.50 bits per heavy atom. The van der Waals surface area contributed by atoms with E-state index in [4.69, 9.17) is 4.74 Å². The number of hydrogen-bond acceptors (Lipinski definition) is 8. The summed E-state index contributed by atoms with van der Waals surface area (Å²) >= 11 is 0. The Kier molecular flexibility index (Phi) is 14.7. The highest BCUT2D eigenvalue weighted by atomic mass is 19.3. The number of benzene rings is 1. The fraction of sp³-hybridized carbons (Fsp3) is 0.500. The van der Waals surface area contributed by atoms with Crippen LogP contribution in [0.25, 0.3) is 0 Å². The van der Waals surface area contributed by atoms with Gasteiger partial charge in [0.05, 0.1) is 19.6 Å². The molecule has 1 unspecified atom stereocenters. The van der Waals surface area contributed by atoms with E-state index in [0.717, 1.165) is 11.8 Å². The smallest absolute Gasteiger partial charge is 0.407 e. The molecule has 0 aliphatic carbocycles. The maximum Gasteiger partial charge on any atom is 0.407 e. The van der Waals surface area contributed by atoms with Crippen LogP contribution in [0.4, 0.5) is 19.3 Å². The summed E-state index contributed by atoms with van der Waals surface area (Å²) in [6, 6.07) is 5.25. The minimum atomic E-state index is -3.35. The predicted octanol–water partition coefficient (Wildman–Crippen LogP) is 1.37. The topological polar surface area (TPSA) is 192 Å². The van der Waals surface area contributed by atoms with Crippen molar-refractivity contribution < 1.29 is 47.1 Å². The van der Waals surface area contributed by atoms with Gasteiger partial charge in [0.2, 0.25) is 23.6 Å². The SMILES string of the molecule is CC(=O)NCC(F)(F)CNC(=O)OCc1ccc(NC(=O)CNC(=O)C(NC(=O)CCCCCN2C(=O)C=CC2=O)C(C)C)cc1. The van der Waals surface area contributed by atoms with Crippen LogP contribution < -0.4 is 26.6 Å². The predicted molar refractivity (Wildman–Crippen MR) is 161 cm³/mol. The Labute approximate surface area is 265 Å². The van der Waals surface area contributed by atoms with E-state index in [1.165, 1.54) is 24.3 Å². The van der Waals surface area contributed by atoms with Crippen LogP contribution in [0.3, 0.4) is 0 Å². The standard InChI is InChI=1S/C30H40F2N6O8/c1-19(2)27(37-23(40)7-5-4-6-14-38-25(42)12-13-26(38)43)28(44)33-15-24(41)36-22-10-8-21(9-11-22)16-46-29(45)35-18-30(31,32)17-34-20(3)39/h8-13,19,27H,4-7,14-18H2,1-3H3,(H,33,44)(H,34,39)(H,35,45)(H,36,41)(H,37,40). The van der Waals surface area contributed by atoms with Crippen molar-refractivity contribution in [3.63, 3.8) is 0 Å². The van der Waals surface area contributed by atoms with Gasteiger partial charge in [0.15, 0.2) is 0 Å². The van der Waals surface area contributed by atoms with Crippen molar-refractivity contribution in [2.24, 2.45) is 5.92 Å². The van der Waals surface area contributed by atoms with Crippen molar-refractivity contribution in [3.05, 3.63) is 42.0 Å². The van der Waals surface area contributed by atoms with Crippen LogP contribution >= 0.6 is 0 Å². The number of nitrogens with zero attached hydrogens (tertiary/aromatic N) is 1. The Morgan fingerprint density at radius 3 is 2.11 bits per heavy atom. The van der Waals surface area contributed by atoms with Gasteiger partial charge in [-0.15, -0.1) is 0 Å². The van der Waals surface area contributed by atoms with E-state index >= 15 is 0 Å². The molecule has 2 rings (SSSR count). The van der Waals surface area contributed by atoms with Crippen molar-refractivity contribution >= 4 is 47.2 Å². The van der Waals surface area contributed by atoms with E-state index in [9.17, 15) is 42.3 Å². The largest absolute Gasteiger partial charge is 0.445 e. The second-order valence-electron chi connectivity index (χ2n) is 10.9. The maximum absolute atomic E-state index is 13.6. The number of amides is 7. The Hall–Kier alpha value is -4.89. The molecule has 14 nitrogen and oxygen atoms in total. The number of halogens is 2. The third kappa shape index (κ3) is 13.8. The molecule has 0 aromatic heterocycles. The average Bonchev–Trinajstić information content (AvgIpc) is 3.32. The number of hydrogen-bond donors (Lipinski definition) is 5. The van der Waals surface area contributed by atoms with Gasteiger partial charge in [0, 0.05) is 37.7 Å². The van der Waals surface area contributed by atoms with Crippen LogP contribution in [0, 0.1) is 5.92 Å². The summed E-state index contributed by atoms with van der Waals surface area (Å²) < 4.78 is 32.1. The fourth-order valence-corrected chi connectivity index (χ4v) is 4.05. The lowest BCUT2D eigenvalue weighted by molar-refractivity contribution is -0.137. The van der Waals surface area contributed by atoms with E-state index in [1.54, 1.807) is 26.0 Å².